The second-order valence-corrected chi connectivity index (χ2v) is 8.99. The summed E-state index contributed by atoms with van der Waals surface area (Å²) in [6, 6.07) is 15.2. The van der Waals surface area contributed by atoms with E-state index in [4.69, 9.17) is 0 Å². The van der Waals surface area contributed by atoms with E-state index >= 15 is 0 Å². The first-order valence-electron chi connectivity index (χ1n) is 9.92. The molecule has 8 heteroatoms. The topological polar surface area (TPSA) is 99.7 Å². The number of hydrogen-bond donors (Lipinski definition) is 3. The lowest BCUT2D eigenvalue weighted by atomic mass is 10.1. The van der Waals surface area contributed by atoms with E-state index in [1.165, 1.54) is 11.8 Å². The maximum absolute atomic E-state index is 12.1. The molecule has 7 nitrogen and oxygen atoms in total. The largest absolute Gasteiger partial charge is 0.357 e. The molecule has 0 aliphatic heterocycles. The second-order valence-electron chi connectivity index (χ2n) is 7.01. The van der Waals surface area contributed by atoms with Gasteiger partial charge in [0.05, 0.1) is 18.0 Å². The van der Waals surface area contributed by atoms with Crippen LogP contribution in [-0.4, -0.2) is 46.2 Å². The highest BCUT2D eigenvalue weighted by Crippen LogP contribution is 2.17. The Hall–Kier alpha value is -2.87. The molecule has 0 heterocycles. The molecule has 0 bridgehead atoms. The maximum atomic E-state index is 12.1. The van der Waals surface area contributed by atoms with Crippen molar-refractivity contribution >= 4 is 21.7 Å². The molecule has 0 radical (unpaired) electrons. The van der Waals surface area contributed by atoms with Crippen LogP contribution in [0.3, 0.4) is 0 Å². The molecule has 0 fully saturated rings. The summed E-state index contributed by atoms with van der Waals surface area (Å²) in [5.74, 6) is 0.422. The zero-order valence-corrected chi connectivity index (χ0v) is 18.6. The van der Waals surface area contributed by atoms with E-state index < -0.39 is 9.84 Å². The van der Waals surface area contributed by atoms with Crippen molar-refractivity contribution in [1.29, 1.82) is 0 Å². The number of rotatable bonds is 9. The molecule has 1 amide bonds. The summed E-state index contributed by atoms with van der Waals surface area (Å²) in [5.41, 5.74) is 2.77. The minimum atomic E-state index is -3.24. The Morgan fingerprint density at radius 2 is 1.73 bits per heavy atom. The van der Waals surface area contributed by atoms with E-state index in [0.717, 1.165) is 12.0 Å². The Labute approximate surface area is 178 Å². The molecule has 0 aliphatic carbocycles. The van der Waals surface area contributed by atoms with Crippen LogP contribution in [0.2, 0.25) is 0 Å². The fourth-order valence-electron chi connectivity index (χ4n) is 2.96. The Balaban J connectivity index is 1.86. The second kappa shape index (κ2) is 11.3. The van der Waals surface area contributed by atoms with Crippen LogP contribution in [0, 0.1) is 6.92 Å². The van der Waals surface area contributed by atoms with Crippen molar-refractivity contribution in [3.63, 3.8) is 0 Å². The SMILES string of the molecule is CCNC(=NCc1ccc(S(C)(=O)=O)c(C)c1)NCC(=O)NCCc1ccccc1. The van der Waals surface area contributed by atoms with Crippen molar-refractivity contribution in [2.24, 2.45) is 4.99 Å². The molecule has 0 atom stereocenters. The number of hydrogen-bond acceptors (Lipinski definition) is 4. The number of nitrogens with one attached hydrogen (secondary N) is 3. The molecule has 0 spiro atoms. The predicted molar refractivity (Wildman–Crippen MR) is 120 cm³/mol. The van der Waals surface area contributed by atoms with Gasteiger partial charge in [-0.15, -0.1) is 0 Å². The van der Waals surface area contributed by atoms with Crippen molar-refractivity contribution in [3.8, 4) is 0 Å². The van der Waals surface area contributed by atoms with Gasteiger partial charge in [0.1, 0.15) is 0 Å². The van der Waals surface area contributed by atoms with Crippen molar-refractivity contribution in [2.45, 2.75) is 31.7 Å². The summed E-state index contributed by atoms with van der Waals surface area (Å²) in [6.07, 6.45) is 1.98. The molecule has 3 N–H and O–H groups in total. The van der Waals surface area contributed by atoms with Gasteiger partial charge in [-0.1, -0.05) is 42.5 Å². The summed E-state index contributed by atoms with van der Waals surface area (Å²) < 4.78 is 23.5. The van der Waals surface area contributed by atoms with Crippen LogP contribution in [0.25, 0.3) is 0 Å². The first-order chi connectivity index (χ1) is 14.3. The Kier molecular flexibility index (Phi) is 8.86. The maximum Gasteiger partial charge on any atom is 0.239 e. The first-order valence-corrected chi connectivity index (χ1v) is 11.8. The Morgan fingerprint density at radius 3 is 2.37 bits per heavy atom. The molecular weight excluding hydrogens is 400 g/mol. The number of sulfone groups is 1. The highest BCUT2D eigenvalue weighted by molar-refractivity contribution is 7.90. The van der Waals surface area contributed by atoms with Gasteiger partial charge in [0.15, 0.2) is 15.8 Å². The zero-order chi connectivity index (χ0) is 22.0. The van der Waals surface area contributed by atoms with Crippen molar-refractivity contribution in [2.75, 3.05) is 25.9 Å². The van der Waals surface area contributed by atoms with Gasteiger partial charge < -0.3 is 16.0 Å². The smallest absolute Gasteiger partial charge is 0.239 e. The van der Waals surface area contributed by atoms with E-state index in [2.05, 4.69) is 20.9 Å². The van der Waals surface area contributed by atoms with Crippen LogP contribution >= 0.6 is 0 Å². The van der Waals surface area contributed by atoms with Crippen molar-refractivity contribution in [1.82, 2.24) is 16.0 Å². The van der Waals surface area contributed by atoms with Gasteiger partial charge in [-0.05, 0) is 43.0 Å². The molecule has 2 aromatic rings. The van der Waals surface area contributed by atoms with Gasteiger partial charge in [-0.3, -0.25) is 4.79 Å². The number of aryl methyl sites for hydroxylation is 1. The molecule has 0 unspecified atom stereocenters. The number of amides is 1. The van der Waals surface area contributed by atoms with Crippen LogP contribution in [0.1, 0.15) is 23.6 Å². The molecule has 2 rings (SSSR count). The van der Waals surface area contributed by atoms with E-state index in [0.29, 0.717) is 36.1 Å². The lowest BCUT2D eigenvalue weighted by Gasteiger charge is -2.12. The molecule has 0 aliphatic rings. The zero-order valence-electron chi connectivity index (χ0n) is 17.7. The molecule has 2 aromatic carbocycles. The summed E-state index contributed by atoms with van der Waals surface area (Å²) in [4.78, 5) is 16.9. The molecule has 0 saturated heterocycles. The number of carbonyl (C=O) groups excluding carboxylic acids is 1. The van der Waals surface area contributed by atoms with E-state index in [1.807, 2.05) is 43.3 Å². The van der Waals surface area contributed by atoms with Crippen molar-refractivity contribution in [3.05, 3.63) is 65.2 Å². The normalized spacial score (nSPS) is 11.8. The van der Waals surface area contributed by atoms with Crippen LogP contribution in [0.15, 0.2) is 58.4 Å². The van der Waals surface area contributed by atoms with Crippen LogP contribution < -0.4 is 16.0 Å². The van der Waals surface area contributed by atoms with E-state index in [9.17, 15) is 13.2 Å². The summed E-state index contributed by atoms with van der Waals surface area (Å²) in [7, 11) is -3.24. The van der Waals surface area contributed by atoms with Gasteiger partial charge in [0, 0.05) is 19.3 Å². The van der Waals surface area contributed by atoms with Gasteiger partial charge >= 0.3 is 0 Å². The standard InChI is InChI=1S/C22H30N4O3S/c1-4-23-22(25-15-19-10-11-20(17(2)14-19)30(3,28)29)26-16-21(27)24-13-12-18-8-6-5-7-9-18/h5-11,14H,4,12-13,15-16H2,1-3H3,(H,24,27)(H2,23,25,26). The monoisotopic (exact) mass is 430 g/mol. The average Bonchev–Trinajstić information content (AvgIpc) is 2.70. The third-order valence-electron chi connectivity index (χ3n) is 4.40. The Bertz CT molecular complexity index is 973. The van der Waals surface area contributed by atoms with Gasteiger partial charge in [0.25, 0.3) is 0 Å². The summed E-state index contributed by atoms with van der Waals surface area (Å²) in [5, 5.41) is 9.01. The van der Waals surface area contributed by atoms with E-state index in [1.54, 1.807) is 19.1 Å². The molecule has 162 valence electrons. The van der Waals surface area contributed by atoms with Crippen LogP contribution in [-0.2, 0) is 27.6 Å². The van der Waals surface area contributed by atoms with Gasteiger partial charge in [0.2, 0.25) is 5.91 Å². The molecule has 0 saturated carbocycles. The Morgan fingerprint density at radius 1 is 1.00 bits per heavy atom. The quantitative estimate of drug-likeness (QED) is 0.416. The lowest BCUT2D eigenvalue weighted by molar-refractivity contribution is -0.119. The fraction of sp³-hybridized carbons (Fsp3) is 0.364. The van der Waals surface area contributed by atoms with Crippen molar-refractivity contribution < 1.29 is 13.2 Å². The summed E-state index contributed by atoms with van der Waals surface area (Å²) >= 11 is 0. The molecular formula is C22H30N4O3S. The molecule has 0 aromatic heterocycles. The molecule has 30 heavy (non-hydrogen) atoms. The van der Waals surface area contributed by atoms with Gasteiger partial charge in [-0.25, -0.2) is 13.4 Å². The van der Waals surface area contributed by atoms with E-state index in [-0.39, 0.29) is 12.5 Å². The third kappa shape index (κ3) is 7.87. The number of aliphatic imine (C=N–C) groups is 1. The van der Waals surface area contributed by atoms with Crippen LogP contribution in [0.5, 0.6) is 0 Å². The predicted octanol–water partition coefficient (Wildman–Crippen LogP) is 1.81. The lowest BCUT2D eigenvalue weighted by Crippen LogP contribution is -2.43. The first kappa shape index (κ1) is 23.4. The third-order valence-corrected chi connectivity index (χ3v) is 5.65. The highest BCUT2D eigenvalue weighted by Gasteiger charge is 2.11. The highest BCUT2D eigenvalue weighted by atomic mass is 32.2. The minimum Gasteiger partial charge on any atom is -0.357 e. The number of nitrogens with zero attached hydrogens (tertiary/aromatic N) is 1. The number of carbonyl (C=O) groups is 1. The average molecular weight is 431 g/mol. The number of benzene rings is 2. The van der Waals surface area contributed by atoms with Gasteiger partial charge in [-0.2, -0.15) is 0 Å². The fourth-order valence-corrected chi connectivity index (χ4v) is 3.91. The minimum absolute atomic E-state index is 0.107. The summed E-state index contributed by atoms with van der Waals surface area (Å²) in [6.45, 7) is 5.44. The van der Waals surface area contributed by atoms with Crippen LogP contribution in [0.4, 0.5) is 0 Å². The number of guanidine groups is 1.